The quantitative estimate of drug-likeness (QED) is 0.422. The van der Waals surface area contributed by atoms with E-state index in [2.05, 4.69) is 24.2 Å². The van der Waals surface area contributed by atoms with Gasteiger partial charge >= 0.3 is 0 Å². The van der Waals surface area contributed by atoms with Gasteiger partial charge in [0.2, 0.25) is 5.91 Å². The van der Waals surface area contributed by atoms with Crippen molar-refractivity contribution in [1.29, 1.82) is 0 Å². The highest BCUT2D eigenvalue weighted by Gasteiger charge is 2.21. The normalized spacial score (nSPS) is 20.7. The Balaban J connectivity index is 2.22. The molecule has 0 aromatic rings. The van der Waals surface area contributed by atoms with Crippen molar-refractivity contribution in [3.05, 3.63) is 0 Å². The summed E-state index contributed by atoms with van der Waals surface area (Å²) in [6.45, 7) is 6.85. The van der Waals surface area contributed by atoms with Crippen LogP contribution in [-0.2, 0) is 4.79 Å². The number of amides is 1. The van der Waals surface area contributed by atoms with Gasteiger partial charge in [0.1, 0.15) is 0 Å². The number of hydrogen-bond acceptors (Lipinski definition) is 3. The number of likely N-dealkylation sites (tertiary alicyclic amines) is 1. The number of hydrazine groups is 1. The van der Waals surface area contributed by atoms with Crippen molar-refractivity contribution < 1.29 is 4.79 Å². The van der Waals surface area contributed by atoms with Crippen molar-refractivity contribution >= 4 is 5.91 Å². The highest BCUT2D eigenvalue weighted by atomic mass is 16.2. The predicted octanol–water partition coefficient (Wildman–Crippen LogP) is 1.27. The van der Waals surface area contributed by atoms with Crippen molar-refractivity contribution in [2.75, 3.05) is 13.1 Å². The van der Waals surface area contributed by atoms with Crippen LogP contribution < -0.4 is 11.3 Å². The average Bonchev–Trinajstić information content (AvgIpc) is 2.35. The van der Waals surface area contributed by atoms with Crippen LogP contribution in [0.3, 0.4) is 0 Å². The first-order chi connectivity index (χ1) is 7.67. The molecular formula is C12H25N3O. The molecule has 0 aliphatic carbocycles. The number of nitrogens with zero attached hydrogens (tertiary/aromatic N) is 1. The lowest BCUT2D eigenvalue weighted by Crippen LogP contribution is -2.40. The fourth-order valence-corrected chi connectivity index (χ4v) is 2.40. The molecule has 1 heterocycles. The molecular weight excluding hydrogens is 202 g/mol. The zero-order valence-electron chi connectivity index (χ0n) is 10.5. The standard InChI is InChI=1S/C12H25N3O/c1-3-11-6-8-15(9-7-11)10(2)4-5-12(16)14-13/h10-11H,3-9,13H2,1-2H3,(H,14,16). The van der Waals surface area contributed by atoms with E-state index in [1.807, 2.05) is 0 Å². The smallest absolute Gasteiger partial charge is 0.233 e. The fourth-order valence-electron chi connectivity index (χ4n) is 2.40. The van der Waals surface area contributed by atoms with Crippen LogP contribution in [0.1, 0.15) is 46.0 Å². The zero-order chi connectivity index (χ0) is 12.0. The van der Waals surface area contributed by atoms with Crippen LogP contribution in [0.2, 0.25) is 0 Å². The first kappa shape index (κ1) is 13.5. The summed E-state index contributed by atoms with van der Waals surface area (Å²) in [4.78, 5) is 13.5. The summed E-state index contributed by atoms with van der Waals surface area (Å²) in [7, 11) is 0. The Labute approximate surface area is 98.5 Å². The van der Waals surface area contributed by atoms with Crippen LogP contribution in [-0.4, -0.2) is 29.9 Å². The van der Waals surface area contributed by atoms with Gasteiger partial charge in [-0.2, -0.15) is 0 Å². The average molecular weight is 227 g/mol. The van der Waals surface area contributed by atoms with Crippen molar-refractivity contribution in [2.45, 2.75) is 52.0 Å². The topological polar surface area (TPSA) is 58.4 Å². The minimum absolute atomic E-state index is 0.0599. The van der Waals surface area contributed by atoms with E-state index in [0.29, 0.717) is 12.5 Å². The van der Waals surface area contributed by atoms with E-state index in [0.717, 1.165) is 12.3 Å². The predicted molar refractivity (Wildman–Crippen MR) is 65.6 cm³/mol. The van der Waals surface area contributed by atoms with Gasteiger partial charge in [-0.1, -0.05) is 13.3 Å². The van der Waals surface area contributed by atoms with Crippen molar-refractivity contribution in [3.63, 3.8) is 0 Å². The second-order valence-electron chi connectivity index (χ2n) is 4.84. The molecule has 1 saturated heterocycles. The minimum atomic E-state index is -0.0599. The number of carbonyl (C=O) groups is 1. The molecule has 1 rings (SSSR count). The molecule has 1 unspecified atom stereocenters. The van der Waals surface area contributed by atoms with E-state index in [9.17, 15) is 4.79 Å². The summed E-state index contributed by atoms with van der Waals surface area (Å²) in [5.41, 5.74) is 2.18. The lowest BCUT2D eigenvalue weighted by Gasteiger charge is -2.35. The molecule has 0 aromatic carbocycles. The van der Waals surface area contributed by atoms with Gasteiger partial charge < -0.3 is 4.90 Å². The number of rotatable bonds is 5. The number of nitrogens with two attached hydrogens (primary N) is 1. The molecule has 0 spiro atoms. The molecule has 0 bridgehead atoms. The molecule has 1 aliphatic rings. The third-order valence-corrected chi connectivity index (χ3v) is 3.80. The molecule has 4 nitrogen and oxygen atoms in total. The van der Waals surface area contributed by atoms with Gasteiger partial charge in [-0.25, -0.2) is 5.84 Å². The summed E-state index contributed by atoms with van der Waals surface area (Å²) in [6, 6.07) is 0.495. The molecule has 0 radical (unpaired) electrons. The lowest BCUT2D eigenvalue weighted by atomic mass is 9.93. The Morgan fingerprint density at radius 1 is 1.50 bits per heavy atom. The van der Waals surface area contributed by atoms with E-state index >= 15 is 0 Å². The van der Waals surface area contributed by atoms with Gasteiger partial charge in [0, 0.05) is 12.5 Å². The van der Waals surface area contributed by atoms with E-state index in [-0.39, 0.29) is 5.91 Å². The van der Waals surface area contributed by atoms with Gasteiger partial charge in [0.05, 0.1) is 0 Å². The van der Waals surface area contributed by atoms with Gasteiger partial charge in [-0.05, 0) is 45.2 Å². The van der Waals surface area contributed by atoms with E-state index in [1.165, 1.54) is 32.4 Å². The maximum atomic E-state index is 11.0. The largest absolute Gasteiger partial charge is 0.301 e. The molecule has 0 aromatic heterocycles. The number of hydrogen-bond donors (Lipinski definition) is 2. The van der Waals surface area contributed by atoms with Crippen LogP contribution in [0.5, 0.6) is 0 Å². The number of piperidine rings is 1. The summed E-state index contributed by atoms with van der Waals surface area (Å²) in [5, 5.41) is 0. The van der Waals surface area contributed by atoms with E-state index in [4.69, 9.17) is 5.84 Å². The molecule has 0 saturated carbocycles. The molecule has 1 amide bonds. The summed E-state index contributed by atoms with van der Waals surface area (Å²) < 4.78 is 0. The van der Waals surface area contributed by atoms with Crippen molar-refractivity contribution in [2.24, 2.45) is 11.8 Å². The Bertz CT molecular complexity index is 212. The third kappa shape index (κ3) is 4.10. The van der Waals surface area contributed by atoms with Crippen molar-refractivity contribution in [3.8, 4) is 0 Å². The zero-order valence-corrected chi connectivity index (χ0v) is 10.5. The Morgan fingerprint density at radius 2 is 2.12 bits per heavy atom. The second-order valence-corrected chi connectivity index (χ2v) is 4.84. The maximum Gasteiger partial charge on any atom is 0.233 e. The van der Waals surface area contributed by atoms with Gasteiger partial charge in [-0.15, -0.1) is 0 Å². The fraction of sp³-hybridized carbons (Fsp3) is 0.917. The van der Waals surface area contributed by atoms with E-state index < -0.39 is 0 Å². The summed E-state index contributed by atoms with van der Waals surface area (Å²) in [6.07, 6.45) is 5.36. The molecule has 3 N–H and O–H groups in total. The Morgan fingerprint density at radius 3 is 2.62 bits per heavy atom. The third-order valence-electron chi connectivity index (χ3n) is 3.80. The lowest BCUT2D eigenvalue weighted by molar-refractivity contribution is -0.121. The van der Waals surface area contributed by atoms with Crippen LogP contribution in [0.15, 0.2) is 0 Å². The van der Waals surface area contributed by atoms with Crippen molar-refractivity contribution in [1.82, 2.24) is 10.3 Å². The molecule has 1 fully saturated rings. The number of carbonyl (C=O) groups excluding carboxylic acids is 1. The van der Waals surface area contributed by atoms with Crippen LogP contribution in [0, 0.1) is 5.92 Å². The number of nitrogens with one attached hydrogen (secondary N) is 1. The molecule has 16 heavy (non-hydrogen) atoms. The van der Waals surface area contributed by atoms with Gasteiger partial charge in [0.25, 0.3) is 0 Å². The highest BCUT2D eigenvalue weighted by Crippen LogP contribution is 2.22. The van der Waals surface area contributed by atoms with Crippen LogP contribution in [0.25, 0.3) is 0 Å². The first-order valence-electron chi connectivity index (χ1n) is 6.40. The van der Waals surface area contributed by atoms with Gasteiger partial charge in [-0.3, -0.25) is 10.2 Å². The van der Waals surface area contributed by atoms with Gasteiger partial charge in [0.15, 0.2) is 0 Å². The highest BCUT2D eigenvalue weighted by molar-refractivity contribution is 5.75. The Hall–Kier alpha value is -0.610. The SMILES string of the molecule is CCC1CCN(C(C)CCC(=O)NN)CC1. The summed E-state index contributed by atoms with van der Waals surface area (Å²) >= 11 is 0. The maximum absolute atomic E-state index is 11.0. The summed E-state index contributed by atoms with van der Waals surface area (Å²) in [5.74, 6) is 5.91. The molecule has 1 atom stereocenters. The second kappa shape index (κ2) is 6.86. The van der Waals surface area contributed by atoms with Crippen LogP contribution in [0.4, 0.5) is 0 Å². The van der Waals surface area contributed by atoms with E-state index in [1.54, 1.807) is 0 Å². The molecule has 94 valence electrons. The molecule has 1 aliphatic heterocycles. The Kier molecular flexibility index (Phi) is 5.77. The van der Waals surface area contributed by atoms with Crippen LogP contribution >= 0.6 is 0 Å². The minimum Gasteiger partial charge on any atom is -0.301 e. The molecule has 4 heteroatoms. The monoisotopic (exact) mass is 227 g/mol. The first-order valence-corrected chi connectivity index (χ1v) is 6.40.